The van der Waals surface area contributed by atoms with Crippen LogP contribution in [0.5, 0.6) is 5.75 Å². The summed E-state index contributed by atoms with van der Waals surface area (Å²) in [6.07, 6.45) is 4.29. The van der Waals surface area contributed by atoms with E-state index in [0.29, 0.717) is 12.4 Å². The van der Waals surface area contributed by atoms with Gasteiger partial charge in [-0.05, 0) is 59.9 Å². The van der Waals surface area contributed by atoms with Crippen molar-refractivity contribution < 1.29 is 13.9 Å². The highest BCUT2D eigenvalue weighted by molar-refractivity contribution is 6.07. The van der Waals surface area contributed by atoms with Gasteiger partial charge in [-0.15, -0.1) is 0 Å². The molecule has 5 aromatic rings. The molecule has 1 N–H and O–H groups in total. The van der Waals surface area contributed by atoms with E-state index in [-0.39, 0.29) is 5.91 Å². The molecule has 0 bridgehead atoms. The first-order chi connectivity index (χ1) is 17.6. The Bertz CT molecular complexity index is 1590. The van der Waals surface area contributed by atoms with E-state index in [4.69, 9.17) is 9.15 Å². The van der Waals surface area contributed by atoms with Gasteiger partial charge in [0, 0.05) is 34.3 Å². The normalized spacial score (nSPS) is 11.7. The van der Waals surface area contributed by atoms with Gasteiger partial charge in [-0.25, -0.2) is 0 Å². The first kappa shape index (κ1) is 23.4. The van der Waals surface area contributed by atoms with Gasteiger partial charge in [0.2, 0.25) is 5.91 Å². The number of carbonyl (C=O) groups excluding carboxylic acids is 1. The van der Waals surface area contributed by atoms with Crippen molar-refractivity contribution in [3.05, 3.63) is 102 Å². The Labute approximate surface area is 211 Å². The number of fused-ring (bicyclic) bond motifs is 2. The number of para-hydroxylation sites is 1. The molecule has 0 spiro atoms. The summed E-state index contributed by atoms with van der Waals surface area (Å²) < 4.78 is 11.9. The number of ether oxygens (including phenoxy) is 1. The third kappa shape index (κ3) is 4.50. The Hall–Kier alpha value is -4.31. The maximum absolute atomic E-state index is 12.9. The van der Waals surface area contributed by atoms with Crippen molar-refractivity contribution in [3.63, 3.8) is 0 Å². The Morgan fingerprint density at radius 3 is 2.53 bits per heavy atom. The second-order valence-corrected chi connectivity index (χ2v) is 8.78. The molecule has 0 aliphatic carbocycles. The molecule has 0 saturated carbocycles. The predicted octanol–water partition coefficient (Wildman–Crippen LogP) is 8.26. The number of amides is 1. The molecule has 0 atom stereocenters. The standard InChI is InChI=1S/C32H29NO3/c1-4-22-11-7-9-16-29(22)33-32(34)17-21(3)26-18-27-28(20-36-31(27)19-30(26)35-5-2)25-15-10-13-23-12-6-8-14-24(23)25/h6-20H,4-5H2,1-3H3,(H,33,34)/b21-17+. The van der Waals surface area contributed by atoms with E-state index >= 15 is 0 Å². The summed E-state index contributed by atoms with van der Waals surface area (Å²) in [5.41, 5.74) is 6.49. The SMILES string of the molecule is CCOc1cc2occ(-c3cccc4ccccc34)c2cc1/C(C)=C/C(=O)Nc1ccccc1CC. The number of nitrogens with one attached hydrogen (secondary N) is 1. The molecule has 4 aromatic carbocycles. The van der Waals surface area contributed by atoms with Crippen molar-refractivity contribution in [1.82, 2.24) is 0 Å². The largest absolute Gasteiger partial charge is 0.493 e. The Balaban J connectivity index is 1.58. The van der Waals surface area contributed by atoms with Gasteiger partial charge in [0.15, 0.2) is 0 Å². The second-order valence-electron chi connectivity index (χ2n) is 8.78. The minimum absolute atomic E-state index is 0.169. The number of furan rings is 1. The van der Waals surface area contributed by atoms with Crippen LogP contribution in [0.4, 0.5) is 5.69 Å². The Morgan fingerprint density at radius 1 is 0.917 bits per heavy atom. The maximum Gasteiger partial charge on any atom is 0.248 e. The number of carbonyl (C=O) groups is 1. The fourth-order valence-electron chi connectivity index (χ4n) is 4.70. The number of benzene rings is 4. The number of aryl methyl sites for hydroxylation is 1. The van der Waals surface area contributed by atoms with E-state index < -0.39 is 0 Å². The molecule has 0 fully saturated rings. The summed E-state index contributed by atoms with van der Waals surface area (Å²) in [7, 11) is 0. The first-order valence-electron chi connectivity index (χ1n) is 12.3. The van der Waals surface area contributed by atoms with Gasteiger partial charge in [0.1, 0.15) is 11.3 Å². The molecule has 4 heteroatoms. The van der Waals surface area contributed by atoms with E-state index in [9.17, 15) is 4.79 Å². The highest BCUT2D eigenvalue weighted by Crippen LogP contribution is 2.39. The quantitative estimate of drug-likeness (QED) is 0.241. The highest BCUT2D eigenvalue weighted by Gasteiger charge is 2.16. The van der Waals surface area contributed by atoms with Crippen LogP contribution < -0.4 is 10.1 Å². The van der Waals surface area contributed by atoms with Gasteiger partial charge in [-0.1, -0.05) is 67.6 Å². The van der Waals surface area contributed by atoms with Crippen molar-refractivity contribution in [2.75, 3.05) is 11.9 Å². The number of rotatable bonds is 7. The zero-order chi connectivity index (χ0) is 25.1. The van der Waals surface area contributed by atoms with Crippen LogP contribution in [0.1, 0.15) is 31.9 Å². The number of hydrogen-bond acceptors (Lipinski definition) is 3. The molecule has 36 heavy (non-hydrogen) atoms. The van der Waals surface area contributed by atoms with E-state index in [2.05, 4.69) is 54.7 Å². The van der Waals surface area contributed by atoms with Crippen LogP contribution in [0.15, 0.2) is 95.6 Å². The summed E-state index contributed by atoms with van der Waals surface area (Å²) in [5, 5.41) is 6.35. The Morgan fingerprint density at radius 2 is 1.69 bits per heavy atom. The number of anilines is 1. The third-order valence-corrected chi connectivity index (χ3v) is 6.48. The van der Waals surface area contributed by atoms with Crippen molar-refractivity contribution in [2.24, 2.45) is 0 Å². The molecule has 4 nitrogen and oxygen atoms in total. The Kier molecular flexibility index (Phi) is 6.59. The number of hydrogen-bond donors (Lipinski definition) is 1. The molecule has 1 amide bonds. The summed E-state index contributed by atoms with van der Waals surface area (Å²) in [6.45, 7) is 6.48. The second kappa shape index (κ2) is 10.1. The lowest BCUT2D eigenvalue weighted by atomic mass is 9.96. The van der Waals surface area contributed by atoms with Gasteiger partial charge in [-0.3, -0.25) is 4.79 Å². The van der Waals surface area contributed by atoms with Crippen molar-refractivity contribution in [3.8, 4) is 16.9 Å². The fraction of sp³-hybridized carbons (Fsp3) is 0.156. The first-order valence-corrected chi connectivity index (χ1v) is 12.3. The molecule has 5 rings (SSSR count). The summed E-state index contributed by atoms with van der Waals surface area (Å²) >= 11 is 0. The van der Waals surface area contributed by atoms with Crippen LogP contribution in [0, 0.1) is 0 Å². The molecular formula is C32H29NO3. The van der Waals surface area contributed by atoms with Gasteiger partial charge in [-0.2, -0.15) is 0 Å². The lowest BCUT2D eigenvalue weighted by molar-refractivity contribution is -0.111. The van der Waals surface area contributed by atoms with E-state index in [1.165, 1.54) is 10.8 Å². The van der Waals surface area contributed by atoms with Crippen molar-refractivity contribution in [1.29, 1.82) is 0 Å². The van der Waals surface area contributed by atoms with E-state index in [1.54, 1.807) is 12.3 Å². The van der Waals surface area contributed by atoms with Crippen LogP contribution in [-0.2, 0) is 11.2 Å². The highest BCUT2D eigenvalue weighted by atomic mass is 16.5. The van der Waals surface area contributed by atoms with Gasteiger partial charge >= 0.3 is 0 Å². The third-order valence-electron chi connectivity index (χ3n) is 6.48. The molecule has 180 valence electrons. The maximum atomic E-state index is 12.9. The zero-order valence-corrected chi connectivity index (χ0v) is 20.8. The summed E-state index contributed by atoms with van der Waals surface area (Å²) in [6, 6.07) is 26.5. The van der Waals surface area contributed by atoms with Gasteiger partial charge < -0.3 is 14.5 Å². The van der Waals surface area contributed by atoms with Crippen LogP contribution >= 0.6 is 0 Å². The van der Waals surface area contributed by atoms with Crippen LogP contribution in [0.2, 0.25) is 0 Å². The molecule has 1 aromatic heterocycles. The minimum Gasteiger partial charge on any atom is -0.493 e. The molecule has 0 aliphatic heterocycles. The predicted molar refractivity (Wildman–Crippen MR) is 148 cm³/mol. The van der Waals surface area contributed by atoms with Gasteiger partial charge in [0.25, 0.3) is 0 Å². The molecule has 0 unspecified atom stereocenters. The van der Waals surface area contributed by atoms with Crippen LogP contribution in [0.25, 0.3) is 38.4 Å². The minimum atomic E-state index is -0.169. The lowest BCUT2D eigenvalue weighted by Gasteiger charge is -2.13. The fourth-order valence-corrected chi connectivity index (χ4v) is 4.70. The van der Waals surface area contributed by atoms with Crippen molar-refractivity contribution >= 4 is 38.9 Å². The van der Waals surface area contributed by atoms with Crippen molar-refractivity contribution in [2.45, 2.75) is 27.2 Å². The van der Waals surface area contributed by atoms with Gasteiger partial charge in [0.05, 0.1) is 12.9 Å². The average Bonchev–Trinajstić information content (AvgIpc) is 3.31. The van der Waals surface area contributed by atoms with E-state index in [0.717, 1.165) is 50.9 Å². The summed E-state index contributed by atoms with van der Waals surface area (Å²) in [4.78, 5) is 12.9. The molecule has 0 aliphatic rings. The monoisotopic (exact) mass is 475 g/mol. The topological polar surface area (TPSA) is 51.5 Å². The molecule has 0 radical (unpaired) electrons. The molecule has 1 heterocycles. The lowest BCUT2D eigenvalue weighted by Crippen LogP contribution is -2.10. The zero-order valence-electron chi connectivity index (χ0n) is 20.8. The van der Waals surface area contributed by atoms with Crippen LogP contribution in [-0.4, -0.2) is 12.5 Å². The molecular weight excluding hydrogens is 446 g/mol. The van der Waals surface area contributed by atoms with E-state index in [1.807, 2.05) is 50.2 Å². The molecule has 0 saturated heterocycles. The van der Waals surface area contributed by atoms with Crippen LogP contribution in [0.3, 0.4) is 0 Å². The smallest absolute Gasteiger partial charge is 0.248 e. The number of allylic oxidation sites excluding steroid dienone is 1. The average molecular weight is 476 g/mol. The summed E-state index contributed by atoms with van der Waals surface area (Å²) in [5.74, 6) is 0.525.